The van der Waals surface area contributed by atoms with Crippen molar-refractivity contribution in [2.24, 2.45) is 5.92 Å². The minimum atomic E-state index is 0. The topological polar surface area (TPSA) is 32.3 Å². The fourth-order valence-electron chi connectivity index (χ4n) is 2.59. The van der Waals surface area contributed by atoms with E-state index in [0.717, 1.165) is 48.1 Å². The summed E-state index contributed by atoms with van der Waals surface area (Å²) in [5, 5.41) is 3.22. The number of hydrogen-bond donors (Lipinski definition) is 1. The minimum absolute atomic E-state index is 0. The zero-order valence-electron chi connectivity index (χ0n) is 12.0. The molecule has 1 amide bonds. The van der Waals surface area contributed by atoms with E-state index < -0.39 is 0 Å². The van der Waals surface area contributed by atoms with Crippen LogP contribution >= 0.6 is 28.3 Å². The molecule has 0 unspecified atom stereocenters. The molecule has 1 aromatic rings. The van der Waals surface area contributed by atoms with Crippen LogP contribution in [0.15, 0.2) is 22.7 Å². The number of carbonyl (C=O) groups is 1. The highest BCUT2D eigenvalue weighted by molar-refractivity contribution is 9.10. The van der Waals surface area contributed by atoms with E-state index in [0.29, 0.717) is 5.92 Å². The van der Waals surface area contributed by atoms with Crippen LogP contribution < -0.4 is 5.32 Å². The first-order valence-electron chi connectivity index (χ1n) is 6.82. The second-order valence-electron chi connectivity index (χ2n) is 5.28. The largest absolute Gasteiger partial charge is 0.339 e. The summed E-state index contributed by atoms with van der Waals surface area (Å²) in [6, 6.07) is 5.91. The molecule has 1 aromatic carbocycles. The van der Waals surface area contributed by atoms with Crippen molar-refractivity contribution in [3.05, 3.63) is 33.8 Å². The van der Waals surface area contributed by atoms with Gasteiger partial charge in [0.2, 0.25) is 0 Å². The number of nitrogens with zero attached hydrogens (tertiary/aromatic N) is 1. The maximum absolute atomic E-state index is 12.5. The van der Waals surface area contributed by atoms with Crippen molar-refractivity contribution >= 4 is 34.2 Å². The lowest BCUT2D eigenvalue weighted by Crippen LogP contribution is -2.40. The highest BCUT2D eigenvalue weighted by Crippen LogP contribution is 2.23. The van der Waals surface area contributed by atoms with Crippen LogP contribution in [0.4, 0.5) is 0 Å². The van der Waals surface area contributed by atoms with Crippen LogP contribution in [0.25, 0.3) is 0 Å². The molecule has 1 fully saturated rings. The molecule has 1 saturated heterocycles. The Balaban J connectivity index is 0.00000200. The van der Waals surface area contributed by atoms with Crippen molar-refractivity contribution in [3.8, 4) is 0 Å². The van der Waals surface area contributed by atoms with E-state index in [9.17, 15) is 4.79 Å². The Kier molecular flexibility index (Phi) is 7.00. The van der Waals surface area contributed by atoms with Gasteiger partial charge in [-0.2, -0.15) is 0 Å². The SMILES string of the molecule is CNCC1CCN(C(=O)c2ccc(C)cc2Br)CC1.Cl. The molecule has 5 heteroatoms. The molecule has 0 bridgehead atoms. The maximum atomic E-state index is 12.5. The highest BCUT2D eigenvalue weighted by atomic mass is 79.9. The lowest BCUT2D eigenvalue weighted by atomic mass is 9.96. The van der Waals surface area contributed by atoms with E-state index in [-0.39, 0.29) is 18.3 Å². The molecule has 0 spiro atoms. The summed E-state index contributed by atoms with van der Waals surface area (Å²) in [5.41, 5.74) is 1.94. The summed E-state index contributed by atoms with van der Waals surface area (Å²) < 4.78 is 0.898. The molecule has 0 atom stereocenters. The molecule has 3 nitrogen and oxygen atoms in total. The molecule has 0 saturated carbocycles. The molecule has 1 aliphatic rings. The number of carbonyl (C=O) groups excluding carboxylic acids is 1. The van der Waals surface area contributed by atoms with Gasteiger partial charge in [-0.15, -0.1) is 12.4 Å². The predicted octanol–water partition coefficient (Wildman–Crippen LogP) is 3.25. The Bertz CT molecular complexity index is 459. The van der Waals surface area contributed by atoms with Gasteiger partial charge in [0.25, 0.3) is 5.91 Å². The van der Waals surface area contributed by atoms with Gasteiger partial charge in [-0.3, -0.25) is 4.79 Å². The van der Waals surface area contributed by atoms with Gasteiger partial charge in [0.1, 0.15) is 0 Å². The first kappa shape index (κ1) is 17.5. The first-order valence-corrected chi connectivity index (χ1v) is 7.61. The van der Waals surface area contributed by atoms with Crippen LogP contribution in [0.3, 0.4) is 0 Å². The zero-order valence-corrected chi connectivity index (χ0v) is 14.4. The van der Waals surface area contributed by atoms with Crippen molar-refractivity contribution in [3.63, 3.8) is 0 Å². The number of nitrogens with one attached hydrogen (secondary N) is 1. The third kappa shape index (κ3) is 4.21. The molecular weight excluding hydrogens is 340 g/mol. The van der Waals surface area contributed by atoms with Crippen LogP contribution in [0.5, 0.6) is 0 Å². The van der Waals surface area contributed by atoms with Gasteiger partial charge in [0.15, 0.2) is 0 Å². The average Bonchev–Trinajstić information content (AvgIpc) is 2.39. The van der Waals surface area contributed by atoms with Gasteiger partial charge >= 0.3 is 0 Å². The molecule has 1 heterocycles. The number of aryl methyl sites for hydroxylation is 1. The van der Waals surface area contributed by atoms with E-state index in [1.807, 2.05) is 37.1 Å². The van der Waals surface area contributed by atoms with Gasteiger partial charge in [0.05, 0.1) is 5.56 Å². The Labute approximate surface area is 135 Å². The number of benzene rings is 1. The lowest BCUT2D eigenvalue weighted by Gasteiger charge is -2.32. The maximum Gasteiger partial charge on any atom is 0.254 e. The van der Waals surface area contributed by atoms with Crippen molar-refractivity contribution in [1.82, 2.24) is 10.2 Å². The molecule has 0 aromatic heterocycles. The summed E-state index contributed by atoms with van der Waals surface area (Å²) in [4.78, 5) is 14.5. The standard InChI is InChI=1S/C15H21BrN2O.ClH/c1-11-3-4-13(14(16)9-11)15(19)18-7-5-12(6-8-18)10-17-2;/h3-4,9,12,17H,5-8,10H2,1-2H3;1H. The third-order valence-electron chi connectivity index (χ3n) is 3.75. The number of piperidine rings is 1. The first-order chi connectivity index (χ1) is 9.11. The van der Waals surface area contributed by atoms with E-state index in [4.69, 9.17) is 0 Å². The molecule has 2 rings (SSSR count). The lowest BCUT2D eigenvalue weighted by molar-refractivity contribution is 0.0690. The second kappa shape index (κ2) is 8.01. The number of amides is 1. The van der Waals surface area contributed by atoms with Gasteiger partial charge in [0, 0.05) is 17.6 Å². The van der Waals surface area contributed by atoms with Crippen LogP contribution in [-0.4, -0.2) is 37.5 Å². The second-order valence-corrected chi connectivity index (χ2v) is 6.13. The molecule has 1 aliphatic heterocycles. The van der Waals surface area contributed by atoms with E-state index in [2.05, 4.69) is 21.2 Å². The molecule has 1 N–H and O–H groups in total. The Hall–Kier alpha value is -0.580. The smallest absolute Gasteiger partial charge is 0.254 e. The minimum Gasteiger partial charge on any atom is -0.339 e. The molecule has 0 radical (unpaired) electrons. The fourth-order valence-corrected chi connectivity index (χ4v) is 3.26. The van der Waals surface area contributed by atoms with Crippen LogP contribution in [0.2, 0.25) is 0 Å². The molecular formula is C15H22BrClN2O. The van der Waals surface area contributed by atoms with Crippen molar-refractivity contribution in [2.45, 2.75) is 19.8 Å². The number of rotatable bonds is 3. The fraction of sp³-hybridized carbons (Fsp3) is 0.533. The third-order valence-corrected chi connectivity index (χ3v) is 4.41. The summed E-state index contributed by atoms with van der Waals surface area (Å²) in [5.74, 6) is 0.852. The highest BCUT2D eigenvalue weighted by Gasteiger charge is 2.24. The van der Waals surface area contributed by atoms with Crippen LogP contribution in [0, 0.1) is 12.8 Å². The van der Waals surface area contributed by atoms with Crippen LogP contribution in [0.1, 0.15) is 28.8 Å². The Morgan fingerprint density at radius 3 is 2.60 bits per heavy atom. The van der Waals surface area contributed by atoms with Crippen molar-refractivity contribution < 1.29 is 4.79 Å². The number of halogens is 2. The number of likely N-dealkylation sites (tertiary alicyclic amines) is 1. The van der Waals surface area contributed by atoms with Gasteiger partial charge < -0.3 is 10.2 Å². The Morgan fingerprint density at radius 2 is 2.05 bits per heavy atom. The normalized spacial score (nSPS) is 15.8. The van der Waals surface area contributed by atoms with Crippen molar-refractivity contribution in [1.29, 1.82) is 0 Å². The average molecular weight is 362 g/mol. The summed E-state index contributed by atoms with van der Waals surface area (Å²) >= 11 is 3.49. The molecule has 0 aliphatic carbocycles. The van der Waals surface area contributed by atoms with Crippen molar-refractivity contribution in [2.75, 3.05) is 26.7 Å². The van der Waals surface area contributed by atoms with E-state index in [1.165, 1.54) is 0 Å². The van der Waals surface area contributed by atoms with Gasteiger partial charge in [-0.25, -0.2) is 0 Å². The predicted molar refractivity (Wildman–Crippen MR) is 88.7 cm³/mol. The zero-order chi connectivity index (χ0) is 13.8. The quantitative estimate of drug-likeness (QED) is 0.896. The molecule has 112 valence electrons. The molecule has 20 heavy (non-hydrogen) atoms. The van der Waals surface area contributed by atoms with Crippen LogP contribution in [-0.2, 0) is 0 Å². The van der Waals surface area contributed by atoms with E-state index in [1.54, 1.807) is 0 Å². The monoisotopic (exact) mass is 360 g/mol. The summed E-state index contributed by atoms with van der Waals surface area (Å²) in [6.07, 6.45) is 2.19. The summed E-state index contributed by atoms with van der Waals surface area (Å²) in [6.45, 7) is 4.81. The van der Waals surface area contributed by atoms with Gasteiger partial charge in [-0.1, -0.05) is 6.07 Å². The van der Waals surface area contributed by atoms with Gasteiger partial charge in [-0.05, 0) is 72.9 Å². The van der Waals surface area contributed by atoms with E-state index >= 15 is 0 Å². The Morgan fingerprint density at radius 1 is 1.40 bits per heavy atom. The number of hydrogen-bond acceptors (Lipinski definition) is 2. The summed E-state index contributed by atoms with van der Waals surface area (Å²) in [7, 11) is 1.99.